The lowest BCUT2D eigenvalue weighted by Gasteiger charge is -2.07. The highest BCUT2D eigenvalue weighted by molar-refractivity contribution is 6.36. The van der Waals surface area contributed by atoms with Crippen LogP contribution in [0.4, 0.5) is 5.69 Å². The summed E-state index contributed by atoms with van der Waals surface area (Å²) in [6.07, 6.45) is 1.57. The van der Waals surface area contributed by atoms with Crippen LogP contribution in [0.15, 0.2) is 53.6 Å². The Labute approximate surface area is 149 Å². The minimum atomic E-state index is -0.348. The van der Waals surface area contributed by atoms with E-state index >= 15 is 0 Å². The molecule has 0 spiro atoms. The molecule has 24 heavy (non-hydrogen) atoms. The van der Waals surface area contributed by atoms with Crippen molar-refractivity contribution in [2.24, 2.45) is 5.10 Å². The van der Waals surface area contributed by atoms with Gasteiger partial charge in [0.15, 0.2) is 0 Å². The molecule has 0 aliphatic carbocycles. The Kier molecular flexibility index (Phi) is 6.78. The standard InChI is InChI=1S/C17H15Cl2N3O2/c18-13-6-7-15(14(19)10-13)21-16(23)8-9-17(24)22-20-11-12-4-2-1-3-5-12/h1-7,10-11H,8-9H2,(H,21,23)(H,22,24). The third-order valence-corrected chi connectivity index (χ3v) is 3.53. The zero-order valence-electron chi connectivity index (χ0n) is 12.6. The molecular weight excluding hydrogens is 349 g/mol. The number of amides is 2. The first-order valence-corrected chi connectivity index (χ1v) is 7.92. The lowest BCUT2D eigenvalue weighted by atomic mass is 10.2. The minimum Gasteiger partial charge on any atom is -0.325 e. The molecule has 2 aromatic carbocycles. The summed E-state index contributed by atoms with van der Waals surface area (Å²) >= 11 is 11.8. The Morgan fingerprint density at radius 3 is 2.42 bits per heavy atom. The molecule has 5 nitrogen and oxygen atoms in total. The van der Waals surface area contributed by atoms with Gasteiger partial charge in [0.05, 0.1) is 16.9 Å². The van der Waals surface area contributed by atoms with E-state index in [-0.39, 0.29) is 24.7 Å². The van der Waals surface area contributed by atoms with Crippen molar-refractivity contribution < 1.29 is 9.59 Å². The zero-order valence-corrected chi connectivity index (χ0v) is 14.1. The molecule has 0 aromatic heterocycles. The lowest BCUT2D eigenvalue weighted by molar-refractivity contribution is -0.124. The summed E-state index contributed by atoms with van der Waals surface area (Å²) in [6, 6.07) is 14.1. The molecule has 0 heterocycles. The van der Waals surface area contributed by atoms with Gasteiger partial charge in [-0.15, -0.1) is 0 Å². The van der Waals surface area contributed by atoms with E-state index in [1.54, 1.807) is 12.1 Å². The zero-order chi connectivity index (χ0) is 17.4. The maximum atomic E-state index is 11.8. The van der Waals surface area contributed by atoms with Crippen molar-refractivity contribution in [3.8, 4) is 0 Å². The van der Waals surface area contributed by atoms with Crippen LogP contribution in [0.5, 0.6) is 0 Å². The fraction of sp³-hybridized carbons (Fsp3) is 0.118. The normalized spacial score (nSPS) is 10.6. The molecule has 0 bridgehead atoms. The number of nitrogens with zero attached hydrogens (tertiary/aromatic N) is 1. The molecule has 0 saturated heterocycles. The number of hydrazone groups is 1. The fourth-order valence-electron chi connectivity index (χ4n) is 1.80. The van der Waals surface area contributed by atoms with Crippen LogP contribution >= 0.6 is 23.2 Å². The van der Waals surface area contributed by atoms with Crippen molar-refractivity contribution in [3.63, 3.8) is 0 Å². The molecule has 0 radical (unpaired) electrons. The van der Waals surface area contributed by atoms with E-state index in [1.807, 2.05) is 30.3 Å². The van der Waals surface area contributed by atoms with E-state index in [9.17, 15) is 9.59 Å². The second-order valence-corrected chi connectivity index (χ2v) is 5.72. The van der Waals surface area contributed by atoms with Gasteiger partial charge < -0.3 is 5.32 Å². The van der Waals surface area contributed by atoms with Crippen LogP contribution in [0.2, 0.25) is 10.0 Å². The highest BCUT2D eigenvalue weighted by Gasteiger charge is 2.09. The number of carbonyl (C=O) groups excluding carboxylic acids is 2. The van der Waals surface area contributed by atoms with E-state index in [4.69, 9.17) is 23.2 Å². The molecule has 7 heteroatoms. The largest absolute Gasteiger partial charge is 0.325 e. The molecule has 0 aliphatic rings. The Morgan fingerprint density at radius 2 is 1.71 bits per heavy atom. The van der Waals surface area contributed by atoms with Gasteiger partial charge in [-0.3, -0.25) is 9.59 Å². The third kappa shape index (κ3) is 6.02. The monoisotopic (exact) mass is 363 g/mol. The predicted molar refractivity (Wildman–Crippen MR) is 96.5 cm³/mol. The first kappa shape index (κ1) is 18.0. The van der Waals surface area contributed by atoms with Crippen molar-refractivity contribution in [1.82, 2.24) is 5.43 Å². The summed E-state index contributed by atoms with van der Waals surface area (Å²) in [5.41, 5.74) is 3.70. The van der Waals surface area contributed by atoms with Crippen LogP contribution in [0.25, 0.3) is 0 Å². The van der Waals surface area contributed by atoms with Crippen molar-refractivity contribution in [1.29, 1.82) is 0 Å². The van der Waals surface area contributed by atoms with Gasteiger partial charge in [0.1, 0.15) is 0 Å². The first-order chi connectivity index (χ1) is 11.5. The number of halogens is 2. The summed E-state index contributed by atoms with van der Waals surface area (Å²) in [4.78, 5) is 23.5. The Bertz CT molecular complexity index is 749. The van der Waals surface area contributed by atoms with Crippen molar-refractivity contribution >= 4 is 46.9 Å². The number of benzene rings is 2. The Hall–Kier alpha value is -2.37. The second kappa shape index (κ2) is 9.05. The number of rotatable bonds is 6. The maximum absolute atomic E-state index is 11.8. The molecule has 0 unspecified atom stereocenters. The van der Waals surface area contributed by atoms with Gasteiger partial charge in [0.25, 0.3) is 0 Å². The Balaban J connectivity index is 1.75. The van der Waals surface area contributed by atoms with Gasteiger partial charge in [-0.05, 0) is 23.8 Å². The van der Waals surface area contributed by atoms with E-state index in [2.05, 4.69) is 15.8 Å². The minimum absolute atomic E-state index is 0.0170. The van der Waals surface area contributed by atoms with Crippen LogP contribution in [-0.2, 0) is 9.59 Å². The van der Waals surface area contributed by atoms with Crippen LogP contribution in [0.3, 0.4) is 0 Å². The van der Waals surface area contributed by atoms with Crippen molar-refractivity contribution in [2.45, 2.75) is 12.8 Å². The van der Waals surface area contributed by atoms with Gasteiger partial charge in [-0.2, -0.15) is 5.10 Å². The molecular formula is C17H15Cl2N3O2. The van der Waals surface area contributed by atoms with Gasteiger partial charge in [0.2, 0.25) is 11.8 Å². The number of anilines is 1. The van der Waals surface area contributed by atoms with Crippen LogP contribution in [-0.4, -0.2) is 18.0 Å². The third-order valence-electron chi connectivity index (χ3n) is 2.99. The van der Waals surface area contributed by atoms with Gasteiger partial charge in [-0.25, -0.2) is 5.43 Å². The summed E-state index contributed by atoms with van der Waals surface area (Å²) < 4.78 is 0. The molecule has 0 saturated carbocycles. The highest BCUT2D eigenvalue weighted by atomic mass is 35.5. The first-order valence-electron chi connectivity index (χ1n) is 7.16. The van der Waals surface area contributed by atoms with Crippen LogP contribution < -0.4 is 10.7 Å². The molecule has 2 rings (SSSR count). The van der Waals surface area contributed by atoms with Gasteiger partial charge >= 0.3 is 0 Å². The Morgan fingerprint density at radius 1 is 1.00 bits per heavy atom. The van der Waals surface area contributed by atoms with E-state index in [0.29, 0.717) is 15.7 Å². The van der Waals surface area contributed by atoms with Gasteiger partial charge in [0, 0.05) is 17.9 Å². The van der Waals surface area contributed by atoms with Crippen molar-refractivity contribution in [2.75, 3.05) is 5.32 Å². The molecule has 0 atom stereocenters. The molecule has 0 aliphatic heterocycles. The van der Waals surface area contributed by atoms with Crippen LogP contribution in [0, 0.1) is 0 Å². The quantitative estimate of drug-likeness (QED) is 0.604. The molecule has 124 valence electrons. The average molecular weight is 364 g/mol. The number of hydrogen-bond donors (Lipinski definition) is 2. The van der Waals surface area contributed by atoms with E-state index in [1.165, 1.54) is 12.3 Å². The number of hydrogen-bond acceptors (Lipinski definition) is 3. The topological polar surface area (TPSA) is 70.6 Å². The molecule has 2 N–H and O–H groups in total. The van der Waals surface area contributed by atoms with Gasteiger partial charge in [-0.1, -0.05) is 53.5 Å². The smallest absolute Gasteiger partial charge is 0.240 e. The lowest BCUT2D eigenvalue weighted by Crippen LogP contribution is -2.20. The summed E-state index contributed by atoms with van der Waals surface area (Å²) in [7, 11) is 0. The molecule has 2 amide bonds. The second-order valence-electron chi connectivity index (χ2n) is 4.88. The van der Waals surface area contributed by atoms with Crippen molar-refractivity contribution in [3.05, 3.63) is 64.1 Å². The number of carbonyl (C=O) groups is 2. The fourth-order valence-corrected chi connectivity index (χ4v) is 2.26. The van der Waals surface area contributed by atoms with E-state index in [0.717, 1.165) is 5.56 Å². The van der Waals surface area contributed by atoms with E-state index < -0.39 is 0 Å². The average Bonchev–Trinajstić information content (AvgIpc) is 2.56. The summed E-state index contributed by atoms with van der Waals surface area (Å²) in [6.45, 7) is 0. The highest BCUT2D eigenvalue weighted by Crippen LogP contribution is 2.25. The summed E-state index contributed by atoms with van der Waals surface area (Å²) in [5, 5.41) is 7.28. The number of nitrogens with one attached hydrogen (secondary N) is 2. The SMILES string of the molecule is O=C(CCC(=O)Nc1ccc(Cl)cc1Cl)NN=Cc1ccccc1. The molecule has 2 aromatic rings. The maximum Gasteiger partial charge on any atom is 0.240 e. The van der Waals surface area contributed by atoms with Crippen LogP contribution in [0.1, 0.15) is 18.4 Å². The molecule has 0 fully saturated rings. The summed E-state index contributed by atoms with van der Waals surface area (Å²) in [5.74, 6) is -0.666. The predicted octanol–water partition coefficient (Wildman–Crippen LogP) is 3.86.